The number of carboxylic acids is 1. The number of rotatable bonds is 16. The first-order valence-corrected chi connectivity index (χ1v) is 21.7. The average Bonchev–Trinajstić information content (AvgIpc) is 3.65. The molecule has 2 aliphatic heterocycles. The monoisotopic (exact) mass is 841 g/mol. The van der Waals surface area contributed by atoms with Crippen LogP contribution in [0.4, 0.5) is 11.4 Å². The van der Waals surface area contributed by atoms with Gasteiger partial charge in [-0.1, -0.05) is 59.0 Å². The molecule has 2 aliphatic rings. The second kappa shape index (κ2) is 18.1. The van der Waals surface area contributed by atoms with Gasteiger partial charge in [0, 0.05) is 46.8 Å². The number of halogens is 1. The fourth-order valence-corrected chi connectivity index (χ4v) is 10.5. The number of carbonyl (C=O) groups excluding carboxylic acids is 3. The summed E-state index contributed by atoms with van der Waals surface area (Å²) in [6.07, 6.45) is 5.10. The second-order valence-electron chi connectivity index (χ2n) is 13.8. The minimum absolute atomic E-state index is 0. The molecule has 1 amide bonds. The molecule has 5 aromatic rings. The molecule has 0 radical (unpaired) electrons. The zero-order valence-corrected chi connectivity index (χ0v) is 36.0. The van der Waals surface area contributed by atoms with Crippen LogP contribution in [0.3, 0.4) is 0 Å². The molecular weight excluding hydrogens is 803 g/mol. The Morgan fingerprint density at radius 3 is 2.45 bits per heavy atom. The van der Waals surface area contributed by atoms with E-state index in [9.17, 15) is 32.5 Å². The van der Waals surface area contributed by atoms with Gasteiger partial charge in [-0.15, -0.1) is 0 Å². The predicted octanol–water partition coefficient (Wildman–Crippen LogP) is 2.47. The Morgan fingerprint density at radius 2 is 1.77 bits per heavy atom. The fraction of sp³-hybridized carbons (Fsp3) is 0.300. The van der Waals surface area contributed by atoms with Gasteiger partial charge in [0.05, 0.1) is 58.8 Å². The molecule has 0 saturated carbocycles. The molecule has 4 aromatic carbocycles. The molecular formula is C40H39ClN4NaO7S3+. The van der Waals surface area contributed by atoms with E-state index in [2.05, 4.69) is 39.1 Å². The normalized spacial score (nSPS) is 18.4. The second-order valence-corrected chi connectivity index (χ2v) is 17.9. The molecule has 2 atom stereocenters. The summed E-state index contributed by atoms with van der Waals surface area (Å²) < 4.78 is 37.7. The van der Waals surface area contributed by atoms with E-state index in [0.717, 1.165) is 60.0 Å². The maximum absolute atomic E-state index is 13.0. The van der Waals surface area contributed by atoms with Gasteiger partial charge >= 0.3 is 29.6 Å². The van der Waals surface area contributed by atoms with Crippen LogP contribution in [0.2, 0.25) is 5.02 Å². The van der Waals surface area contributed by atoms with E-state index in [1.165, 1.54) is 0 Å². The smallest absolute Gasteiger partial charge is 0.748 e. The van der Waals surface area contributed by atoms with Crippen molar-refractivity contribution >= 4 is 101 Å². The summed E-state index contributed by atoms with van der Waals surface area (Å²) in [7, 11) is -4.36. The van der Waals surface area contributed by atoms with Gasteiger partial charge < -0.3 is 24.7 Å². The minimum atomic E-state index is -4.36. The van der Waals surface area contributed by atoms with Crippen LogP contribution in [0.1, 0.15) is 47.5 Å². The van der Waals surface area contributed by atoms with Crippen LogP contribution < -0.4 is 53.9 Å². The number of benzene rings is 4. The van der Waals surface area contributed by atoms with Crippen LogP contribution in [0.25, 0.3) is 27.1 Å². The van der Waals surface area contributed by atoms with Crippen molar-refractivity contribution < 1.29 is 66.6 Å². The molecule has 0 aliphatic carbocycles. The zero-order valence-electron chi connectivity index (χ0n) is 30.8. The molecule has 7 rings (SSSR count). The van der Waals surface area contributed by atoms with E-state index >= 15 is 0 Å². The van der Waals surface area contributed by atoms with Crippen molar-refractivity contribution in [3.8, 4) is 0 Å². The van der Waals surface area contributed by atoms with E-state index in [1.807, 2.05) is 36.4 Å². The molecule has 3 heterocycles. The number of aldehydes is 1. The summed E-state index contributed by atoms with van der Waals surface area (Å²) in [5.41, 5.74) is 3.20. The first-order valence-electron chi connectivity index (χ1n) is 18.1. The number of nitrogens with zero attached hydrogens (tertiary/aromatic N) is 3. The fourth-order valence-electron chi connectivity index (χ4n) is 7.50. The average molecular weight is 842 g/mol. The number of hydrogen-bond acceptors (Lipinski definition) is 10. The van der Waals surface area contributed by atoms with E-state index < -0.39 is 27.9 Å². The van der Waals surface area contributed by atoms with Gasteiger partial charge in [0.25, 0.3) is 5.01 Å². The molecule has 2 unspecified atom stereocenters. The molecule has 0 bridgehead atoms. The van der Waals surface area contributed by atoms with Crippen molar-refractivity contribution in [1.29, 1.82) is 0 Å². The number of carboxylic acid groups (broad SMARTS) is 1. The molecule has 286 valence electrons. The molecule has 1 saturated heterocycles. The number of fused-ring (bicyclic) bond motifs is 3. The molecule has 56 heavy (non-hydrogen) atoms. The number of nitrogens with one attached hydrogen (secondary N) is 1. The van der Waals surface area contributed by atoms with E-state index in [1.54, 1.807) is 47.4 Å². The zero-order chi connectivity index (χ0) is 38.7. The van der Waals surface area contributed by atoms with Gasteiger partial charge in [-0.3, -0.25) is 14.1 Å². The topological polar surface area (TPSA) is 151 Å². The van der Waals surface area contributed by atoms with Gasteiger partial charge in [0.15, 0.2) is 6.54 Å². The van der Waals surface area contributed by atoms with Crippen LogP contribution in [0.5, 0.6) is 0 Å². The van der Waals surface area contributed by atoms with E-state index in [4.69, 9.17) is 11.6 Å². The molecule has 1 fully saturated rings. The first-order chi connectivity index (χ1) is 26.4. The number of hydrogen-bond donors (Lipinski definition) is 1. The van der Waals surface area contributed by atoms with Crippen molar-refractivity contribution in [2.45, 2.75) is 49.6 Å². The Hall–Kier alpha value is -3.31. The maximum Gasteiger partial charge on any atom is 1.00 e. The number of anilines is 1. The Balaban J connectivity index is 0.00000532. The number of thiazole rings is 1. The molecule has 0 spiro atoms. The number of thioether (sulfide) groups is 1. The number of quaternary nitrogens is 1. The van der Waals surface area contributed by atoms with Crippen LogP contribution >= 0.6 is 34.7 Å². The summed E-state index contributed by atoms with van der Waals surface area (Å²) in [5, 5.41) is 19.7. The number of aliphatic carboxylic acids is 1. The van der Waals surface area contributed by atoms with E-state index in [0.29, 0.717) is 56.2 Å². The number of unbranched alkanes of at least 4 members (excludes halogenated alkanes) is 1. The largest absolute Gasteiger partial charge is 1.00 e. The van der Waals surface area contributed by atoms with Crippen molar-refractivity contribution in [2.75, 3.05) is 36.8 Å². The molecule has 1 N–H and O–H groups in total. The van der Waals surface area contributed by atoms with Crippen LogP contribution in [-0.4, -0.2) is 69.1 Å². The maximum atomic E-state index is 13.0. The number of carbonyl (C=O) groups is 3. The van der Waals surface area contributed by atoms with Gasteiger partial charge in [-0.25, -0.2) is 8.42 Å². The summed E-state index contributed by atoms with van der Waals surface area (Å²) in [6.45, 7) is 2.34. The van der Waals surface area contributed by atoms with E-state index in [-0.39, 0.29) is 52.8 Å². The Kier molecular flexibility index (Phi) is 13.7. The molecule has 16 heteroatoms. The van der Waals surface area contributed by atoms with Crippen molar-refractivity contribution in [3.05, 3.63) is 99.5 Å². The third-order valence-corrected chi connectivity index (χ3v) is 13.6. The Morgan fingerprint density at radius 1 is 1.02 bits per heavy atom. The number of aromatic nitrogens is 1. The van der Waals surface area contributed by atoms with Crippen LogP contribution in [-0.2, 0) is 26.3 Å². The number of amides is 1. The summed E-state index contributed by atoms with van der Waals surface area (Å²) in [5.74, 6) is -1.75. The summed E-state index contributed by atoms with van der Waals surface area (Å²) in [4.78, 5) is 39.4. The minimum Gasteiger partial charge on any atom is -0.748 e. The number of aryl methyl sites for hydroxylation is 1. The summed E-state index contributed by atoms with van der Waals surface area (Å²) in [6, 6.07) is 24.2. The van der Waals surface area contributed by atoms with Crippen molar-refractivity contribution in [1.82, 2.24) is 9.80 Å². The van der Waals surface area contributed by atoms with Crippen molar-refractivity contribution in [2.24, 2.45) is 0 Å². The van der Waals surface area contributed by atoms with Gasteiger partial charge in [0.1, 0.15) is 22.7 Å². The third-order valence-electron chi connectivity index (χ3n) is 10.4. The number of likely N-dealkylation sites (tertiary alicyclic amines) is 1. The van der Waals surface area contributed by atoms with Crippen molar-refractivity contribution in [3.63, 3.8) is 0 Å². The van der Waals surface area contributed by atoms with Crippen LogP contribution in [0.15, 0.2) is 88.8 Å². The standard InChI is InChI=1S/C40H39ClN4O7S3.Na/c41-30-10-13-35-33(24-30)43(17-4-3-16-42-37(47)15-20-45(19-14-34(45)40(48)49)31-11-8-27(26-46)9-12-31)38(53-35)25-39-44(18-5-21-55(50,51)52)32-22-28-6-1-2-7-29(28)23-36(32)54-39;/h1-2,6-13,22-26,34H,3-5,14-21H2,(H-2,42,47,48,49,50,51,52);/q;+1. The third kappa shape index (κ3) is 9.35. The Labute approximate surface area is 361 Å². The predicted molar refractivity (Wildman–Crippen MR) is 215 cm³/mol. The Bertz CT molecular complexity index is 2430. The van der Waals surface area contributed by atoms with Gasteiger partial charge in [-0.2, -0.15) is 4.57 Å². The van der Waals surface area contributed by atoms with Gasteiger partial charge in [-0.05, 0) is 72.1 Å². The van der Waals surface area contributed by atoms with Crippen LogP contribution in [0, 0.1) is 0 Å². The van der Waals surface area contributed by atoms with Gasteiger partial charge in [0.2, 0.25) is 11.4 Å². The SMILES string of the molecule is O=Cc1ccc([N+]2(CCC(=O)NCCCCN3/C(=C/c4sc5cc6ccccc6cc5[n+]4CCCS(=O)(=O)[O-])Sc4ccc(Cl)cc43)CCC2C(=O)[O-])cc1.[Na+]. The molecule has 11 nitrogen and oxygen atoms in total. The summed E-state index contributed by atoms with van der Waals surface area (Å²) >= 11 is 9.70. The molecule has 1 aromatic heterocycles. The quantitative estimate of drug-likeness (QED) is 0.0395. The first kappa shape index (κ1) is 42.3.